The van der Waals surface area contributed by atoms with Crippen LogP contribution >= 0.6 is 58.0 Å². The molecule has 0 aliphatic heterocycles. The van der Waals surface area contributed by atoms with E-state index in [1.54, 1.807) is 32.0 Å². The summed E-state index contributed by atoms with van der Waals surface area (Å²) in [6.45, 7) is 2.73. The maximum Gasteiger partial charge on any atom is 0.244 e. The average molecular weight is 680 g/mol. The topological polar surface area (TPSA) is 86.8 Å². The molecule has 0 radical (unpaired) electrons. The number of rotatable bonds is 11. The minimum absolute atomic E-state index is 0.0308. The van der Waals surface area contributed by atoms with Crippen molar-refractivity contribution in [1.82, 2.24) is 10.2 Å². The highest BCUT2D eigenvalue weighted by molar-refractivity contribution is 7.92. The number of sulfonamides is 1. The van der Waals surface area contributed by atoms with Crippen LogP contribution < -0.4 is 9.62 Å². The summed E-state index contributed by atoms with van der Waals surface area (Å²) in [6, 6.07) is 15.3. The first-order chi connectivity index (χ1) is 19.2. The van der Waals surface area contributed by atoms with Gasteiger partial charge in [0.15, 0.2) is 0 Å². The van der Waals surface area contributed by atoms with Crippen molar-refractivity contribution < 1.29 is 18.0 Å². The molecule has 7 nitrogen and oxygen atoms in total. The van der Waals surface area contributed by atoms with Crippen LogP contribution in [0.15, 0.2) is 60.7 Å². The van der Waals surface area contributed by atoms with Crippen LogP contribution in [-0.4, -0.2) is 50.0 Å². The van der Waals surface area contributed by atoms with E-state index in [1.807, 2.05) is 30.3 Å². The molecule has 3 rings (SSSR count). The van der Waals surface area contributed by atoms with E-state index in [2.05, 4.69) is 5.32 Å². The second kappa shape index (κ2) is 14.3. The minimum Gasteiger partial charge on any atom is -0.352 e. The molecule has 0 aliphatic carbocycles. The zero-order chi connectivity index (χ0) is 30.5. The van der Waals surface area contributed by atoms with Gasteiger partial charge < -0.3 is 10.2 Å². The molecule has 1 atom stereocenters. The molecule has 0 saturated heterocycles. The van der Waals surface area contributed by atoms with Gasteiger partial charge in [-0.1, -0.05) is 94.4 Å². The second-order valence-corrected chi connectivity index (χ2v) is 13.5. The van der Waals surface area contributed by atoms with Gasteiger partial charge in [0.1, 0.15) is 12.6 Å². The third kappa shape index (κ3) is 8.89. The highest BCUT2D eigenvalue weighted by atomic mass is 35.5. The third-order valence-electron chi connectivity index (χ3n) is 6.03. The lowest BCUT2D eigenvalue weighted by Gasteiger charge is -2.34. The van der Waals surface area contributed by atoms with Crippen molar-refractivity contribution >= 4 is 85.5 Å². The summed E-state index contributed by atoms with van der Waals surface area (Å²) in [7, 11) is -4.06. The lowest BCUT2D eigenvalue weighted by Crippen LogP contribution is -2.54. The molecule has 0 saturated carbocycles. The number of carbonyl (C=O) groups is 2. The van der Waals surface area contributed by atoms with Gasteiger partial charge in [-0.15, -0.1) is 0 Å². The lowest BCUT2D eigenvalue weighted by atomic mass is 10.0. The lowest BCUT2D eigenvalue weighted by molar-refractivity contribution is -0.140. The van der Waals surface area contributed by atoms with E-state index in [-0.39, 0.29) is 49.8 Å². The monoisotopic (exact) mass is 677 g/mol. The molecule has 13 heteroatoms. The van der Waals surface area contributed by atoms with Crippen LogP contribution in [0.4, 0.5) is 5.69 Å². The molecule has 0 heterocycles. The molecular formula is C28H28Cl5N3O4S. The Morgan fingerprint density at radius 2 is 1.41 bits per heavy atom. The molecule has 1 N–H and O–H groups in total. The number of nitrogens with zero attached hydrogens (tertiary/aromatic N) is 2. The molecule has 3 aromatic rings. The summed E-state index contributed by atoms with van der Waals surface area (Å²) in [5, 5.41) is 3.56. The summed E-state index contributed by atoms with van der Waals surface area (Å²) in [5.41, 5.74) is 1.14. The van der Waals surface area contributed by atoms with Crippen LogP contribution in [0.3, 0.4) is 0 Å². The Balaban J connectivity index is 2.14. The molecule has 0 aliphatic rings. The second-order valence-electron chi connectivity index (χ2n) is 9.58. The SMILES string of the molecule is CC(C)NC(=O)C(Cc1ccccc1)N(Cc1c(Cl)cccc1Cl)C(=O)CN(c1cc(Cl)c(Cl)cc1Cl)S(C)(=O)=O. The number of halogens is 5. The zero-order valence-electron chi connectivity index (χ0n) is 22.4. The van der Waals surface area contributed by atoms with Gasteiger partial charge in [0.05, 0.1) is 27.0 Å². The maximum atomic E-state index is 14.1. The molecule has 0 fully saturated rings. The van der Waals surface area contributed by atoms with E-state index in [0.29, 0.717) is 5.56 Å². The molecule has 0 aromatic heterocycles. The van der Waals surface area contributed by atoms with Crippen LogP contribution in [0, 0.1) is 0 Å². The molecule has 0 spiro atoms. The number of hydrogen-bond acceptors (Lipinski definition) is 4. The van der Waals surface area contributed by atoms with E-state index in [4.69, 9.17) is 58.0 Å². The fourth-order valence-electron chi connectivity index (χ4n) is 4.09. The van der Waals surface area contributed by atoms with Crippen LogP contribution in [0.25, 0.3) is 0 Å². The van der Waals surface area contributed by atoms with Crippen molar-refractivity contribution in [3.63, 3.8) is 0 Å². The van der Waals surface area contributed by atoms with E-state index in [0.717, 1.165) is 16.1 Å². The molecule has 220 valence electrons. The summed E-state index contributed by atoms with van der Waals surface area (Å²) in [5.74, 6) is -1.13. The summed E-state index contributed by atoms with van der Waals surface area (Å²) in [6.07, 6.45) is 1.07. The Kier molecular flexibility index (Phi) is 11.6. The fourth-order valence-corrected chi connectivity index (χ4v) is 6.15. The van der Waals surface area contributed by atoms with Crippen LogP contribution in [0.2, 0.25) is 25.1 Å². The van der Waals surface area contributed by atoms with Crippen LogP contribution in [0.5, 0.6) is 0 Å². The Bertz CT molecular complexity index is 1500. The van der Waals surface area contributed by atoms with Crippen molar-refractivity contribution in [3.05, 3.63) is 96.9 Å². The highest BCUT2D eigenvalue weighted by Crippen LogP contribution is 2.36. The van der Waals surface area contributed by atoms with Gasteiger partial charge in [0, 0.05) is 34.6 Å². The third-order valence-corrected chi connectivity index (χ3v) is 8.89. The molecule has 3 aromatic carbocycles. The Morgan fingerprint density at radius 1 is 0.829 bits per heavy atom. The molecule has 41 heavy (non-hydrogen) atoms. The van der Waals surface area contributed by atoms with Gasteiger partial charge in [0.25, 0.3) is 0 Å². The van der Waals surface area contributed by atoms with Crippen molar-refractivity contribution in [1.29, 1.82) is 0 Å². The van der Waals surface area contributed by atoms with Gasteiger partial charge in [-0.2, -0.15) is 0 Å². The number of hydrogen-bond donors (Lipinski definition) is 1. The Morgan fingerprint density at radius 3 is 1.98 bits per heavy atom. The largest absolute Gasteiger partial charge is 0.352 e. The van der Waals surface area contributed by atoms with E-state index in [1.165, 1.54) is 17.0 Å². The standard InChI is InChI=1S/C28H28Cl5N3O4S/c1-17(2)34-28(38)26(12-18-8-5-4-6-9-18)35(15-19-20(29)10-7-11-21(19)30)27(37)16-36(41(3,39)40)25-14-23(32)22(31)13-24(25)33/h4-11,13-14,17,26H,12,15-16H2,1-3H3,(H,34,38). The summed E-state index contributed by atoms with van der Waals surface area (Å²) >= 11 is 31.5. The van der Waals surface area contributed by atoms with E-state index in [9.17, 15) is 18.0 Å². The van der Waals surface area contributed by atoms with Crippen LogP contribution in [-0.2, 0) is 32.6 Å². The number of benzene rings is 3. The van der Waals surface area contributed by atoms with Crippen molar-refractivity contribution in [2.45, 2.75) is 38.9 Å². The zero-order valence-corrected chi connectivity index (χ0v) is 27.0. The number of amides is 2. The summed E-state index contributed by atoms with van der Waals surface area (Å²) < 4.78 is 26.7. The van der Waals surface area contributed by atoms with Crippen molar-refractivity contribution in [2.24, 2.45) is 0 Å². The predicted molar refractivity (Wildman–Crippen MR) is 168 cm³/mol. The highest BCUT2D eigenvalue weighted by Gasteiger charge is 2.34. The van der Waals surface area contributed by atoms with Gasteiger partial charge in [-0.3, -0.25) is 13.9 Å². The van der Waals surface area contributed by atoms with Gasteiger partial charge in [-0.05, 0) is 43.7 Å². The average Bonchev–Trinajstić information content (AvgIpc) is 2.88. The molecular weight excluding hydrogens is 652 g/mol. The Hall–Kier alpha value is -2.20. The first-order valence-corrected chi connectivity index (χ1v) is 16.1. The maximum absolute atomic E-state index is 14.1. The normalized spacial score (nSPS) is 12.2. The number of anilines is 1. The Labute approximate surface area is 265 Å². The van der Waals surface area contributed by atoms with Gasteiger partial charge in [-0.25, -0.2) is 8.42 Å². The van der Waals surface area contributed by atoms with E-state index >= 15 is 0 Å². The minimum atomic E-state index is -4.06. The van der Waals surface area contributed by atoms with Crippen molar-refractivity contribution in [3.8, 4) is 0 Å². The smallest absolute Gasteiger partial charge is 0.244 e. The quantitative estimate of drug-likeness (QED) is 0.224. The first kappa shape index (κ1) is 33.3. The number of carbonyl (C=O) groups excluding carboxylic acids is 2. The molecule has 2 amide bonds. The van der Waals surface area contributed by atoms with Crippen molar-refractivity contribution in [2.75, 3.05) is 17.1 Å². The first-order valence-electron chi connectivity index (χ1n) is 12.4. The summed E-state index contributed by atoms with van der Waals surface area (Å²) in [4.78, 5) is 29.0. The van der Waals surface area contributed by atoms with E-state index < -0.39 is 34.4 Å². The molecule has 0 bridgehead atoms. The fraction of sp³-hybridized carbons (Fsp3) is 0.286. The van der Waals surface area contributed by atoms with Gasteiger partial charge in [0.2, 0.25) is 21.8 Å². The predicted octanol–water partition coefficient (Wildman–Crippen LogP) is 6.88. The van der Waals surface area contributed by atoms with Crippen LogP contribution in [0.1, 0.15) is 25.0 Å². The number of nitrogens with one attached hydrogen (secondary N) is 1. The molecule has 1 unspecified atom stereocenters. The van der Waals surface area contributed by atoms with Gasteiger partial charge >= 0.3 is 0 Å².